The Labute approximate surface area is 135 Å². The number of amides is 1. The largest absolute Gasteiger partial charge is 0.495 e. The van der Waals surface area contributed by atoms with Gasteiger partial charge in [-0.25, -0.2) is 8.42 Å². The summed E-state index contributed by atoms with van der Waals surface area (Å²) in [6, 6.07) is 4.14. The number of hydrogen-bond donors (Lipinski definition) is 2. The second-order valence-electron chi connectivity index (χ2n) is 5.45. The molecule has 1 aromatic carbocycles. The summed E-state index contributed by atoms with van der Waals surface area (Å²) in [5.41, 5.74) is -1.04. The average molecular weight is 350 g/mol. The molecule has 8 heteroatoms. The van der Waals surface area contributed by atoms with Crippen LogP contribution in [-0.4, -0.2) is 44.4 Å². The van der Waals surface area contributed by atoms with Crippen molar-refractivity contribution < 1.29 is 23.1 Å². The van der Waals surface area contributed by atoms with Crippen molar-refractivity contribution in [1.29, 1.82) is 0 Å². The number of sulfone groups is 1. The molecule has 0 aliphatic carbocycles. The molecule has 0 atom stereocenters. The van der Waals surface area contributed by atoms with Crippen LogP contribution in [0.1, 0.15) is 20.3 Å². The molecule has 124 valence electrons. The minimum atomic E-state index is -3.62. The second kappa shape index (κ2) is 7.30. The van der Waals surface area contributed by atoms with Gasteiger partial charge in [0.2, 0.25) is 5.91 Å². The number of ether oxygens (including phenoxy) is 1. The Morgan fingerprint density at radius 2 is 2.05 bits per heavy atom. The standard InChI is InChI=1S/C14H20ClNO5S/c1-14(2,18)9-16-13(17)6-7-22(19,20)10-4-5-12(21-3)11(15)8-10/h4-5,8,18H,6-7,9H2,1-3H3,(H,16,17). The highest BCUT2D eigenvalue weighted by atomic mass is 35.5. The maximum Gasteiger partial charge on any atom is 0.221 e. The summed E-state index contributed by atoms with van der Waals surface area (Å²) >= 11 is 5.90. The predicted molar refractivity (Wildman–Crippen MR) is 84.0 cm³/mol. The van der Waals surface area contributed by atoms with E-state index in [1.54, 1.807) is 13.8 Å². The van der Waals surface area contributed by atoms with Crippen LogP contribution >= 0.6 is 11.6 Å². The van der Waals surface area contributed by atoms with Crippen molar-refractivity contribution >= 4 is 27.3 Å². The van der Waals surface area contributed by atoms with Crippen LogP contribution < -0.4 is 10.1 Å². The Morgan fingerprint density at radius 1 is 1.41 bits per heavy atom. The van der Waals surface area contributed by atoms with Crippen molar-refractivity contribution in [1.82, 2.24) is 5.32 Å². The van der Waals surface area contributed by atoms with Gasteiger partial charge in [-0.15, -0.1) is 0 Å². The molecule has 0 heterocycles. The van der Waals surface area contributed by atoms with Crippen molar-refractivity contribution in [2.75, 3.05) is 19.4 Å². The molecule has 2 N–H and O–H groups in total. The summed E-state index contributed by atoms with van der Waals surface area (Å²) in [5, 5.41) is 12.2. The van der Waals surface area contributed by atoms with E-state index in [1.807, 2.05) is 0 Å². The fourth-order valence-electron chi connectivity index (χ4n) is 1.59. The van der Waals surface area contributed by atoms with E-state index in [2.05, 4.69) is 5.32 Å². The summed E-state index contributed by atoms with van der Waals surface area (Å²) in [7, 11) is -2.19. The zero-order chi connectivity index (χ0) is 17.0. The van der Waals surface area contributed by atoms with Crippen molar-refractivity contribution in [3.63, 3.8) is 0 Å². The zero-order valence-corrected chi connectivity index (χ0v) is 14.3. The Morgan fingerprint density at radius 3 is 2.55 bits per heavy atom. The quantitative estimate of drug-likeness (QED) is 0.776. The molecule has 1 aromatic rings. The van der Waals surface area contributed by atoms with Crippen LogP contribution in [0, 0.1) is 0 Å². The number of carbonyl (C=O) groups excluding carboxylic acids is 1. The molecule has 0 saturated heterocycles. The Kier molecular flexibility index (Phi) is 6.22. The molecule has 1 amide bonds. The summed E-state index contributed by atoms with van der Waals surface area (Å²) in [5.74, 6) is -0.401. The lowest BCUT2D eigenvalue weighted by molar-refractivity contribution is -0.121. The highest BCUT2D eigenvalue weighted by molar-refractivity contribution is 7.91. The first-order chi connectivity index (χ1) is 10.0. The predicted octanol–water partition coefficient (Wildman–Crippen LogP) is 1.40. The highest BCUT2D eigenvalue weighted by Crippen LogP contribution is 2.27. The Balaban J connectivity index is 2.68. The fraction of sp³-hybridized carbons (Fsp3) is 0.500. The third-order valence-electron chi connectivity index (χ3n) is 2.80. The van der Waals surface area contributed by atoms with Crippen LogP contribution in [0.3, 0.4) is 0 Å². The summed E-state index contributed by atoms with van der Waals surface area (Å²) < 4.78 is 29.3. The SMILES string of the molecule is COc1ccc(S(=O)(=O)CCC(=O)NCC(C)(C)O)cc1Cl. The lowest BCUT2D eigenvalue weighted by Crippen LogP contribution is -2.38. The molecular formula is C14H20ClNO5S. The van der Waals surface area contributed by atoms with Gasteiger partial charge in [0.05, 0.1) is 28.4 Å². The Hall–Kier alpha value is -1.31. The minimum Gasteiger partial charge on any atom is -0.495 e. The van der Waals surface area contributed by atoms with E-state index in [0.717, 1.165) is 0 Å². The van der Waals surface area contributed by atoms with Gasteiger partial charge in [0, 0.05) is 13.0 Å². The number of benzene rings is 1. The third-order valence-corrected chi connectivity index (χ3v) is 4.81. The van der Waals surface area contributed by atoms with Crippen molar-refractivity contribution in [2.45, 2.75) is 30.8 Å². The minimum absolute atomic E-state index is 0.0357. The molecule has 0 unspecified atom stereocenters. The topological polar surface area (TPSA) is 92.7 Å². The van der Waals surface area contributed by atoms with Gasteiger partial charge < -0.3 is 15.2 Å². The van der Waals surface area contributed by atoms with E-state index < -0.39 is 21.3 Å². The first-order valence-electron chi connectivity index (χ1n) is 6.60. The van der Waals surface area contributed by atoms with Crippen LogP contribution in [0.15, 0.2) is 23.1 Å². The molecule has 6 nitrogen and oxygen atoms in total. The molecule has 0 aliphatic heterocycles. The maximum absolute atomic E-state index is 12.2. The van der Waals surface area contributed by atoms with Crippen molar-refractivity contribution in [3.8, 4) is 5.75 Å². The molecule has 22 heavy (non-hydrogen) atoms. The van der Waals surface area contributed by atoms with Gasteiger partial charge in [0.25, 0.3) is 0 Å². The van der Waals surface area contributed by atoms with Crippen LogP contribution in [0.25, 0.3) is 0 Å². The first kappa shape index (κ1) is 18.7. The lowest BCUT2D eigenvalue weighted by Gasteiger charge is -2.17. The number of carbonyl (C=O) groups is 1. The van der Waals surface area contributed by atoms with E-state index in [9.17, 15) is 18.3 Å². The van der Waals surface area contributed by atoms with Crippen LogP contribution in [0.5, 0.6) is 5.75 Å². The Bertz CT molecular complexity index is 637. The maximum atomic E-state index is 12.2. The molecule has 0 radical (unpaired) electrons. The first-order valence-corrected chi connectivity index (χ1v) is 8.63. The van der Waals surface area contributed by atoms with E-state index in [1.165, 1.54) is 25.3 Å². The smallest absolute Gasteiger partial charge is 0.221 e. The van der Waals surface area contributed by atoms with Crippen LogP contribution in [0.2, 0.25) is 5.02 Å². The number of hydrogen-bond acceptors (Lipinski definition) is 5. The van der Waals surface area contributed by atoms with Gasteiger partial charge in [-0.2, -0.15) is 0 Å². The van der Waals surface area contributed by atoms with Crippen molar-refractivity contribution in [2.24, 2.45) is 0 Å². The fourth-order valence-corrected chi connectivity index (χ4v) is 3.17. The molecule has 0 spiro atoms. The number of rotatable bonds is 7. The molecule has 0 saturated carbocycles. The van der Waals surface area contributed by atoms with Gasteiger partial charge in [-0.1, -0.05) is 11.6 Å². The molecule has 0 fully saturated rings. The summed E-state index contributed by atoms with van der Waals surface area (Å²) in [4.78, 5) is 11.6. The van der Waals surface area contributed by atoms with Gasteiger partial charge in [-0.3, -0.25) is 4.79 Å². The molecular weight excluding hydrogens is 330 g/mol. The molecule has 0 bridgehead atoms. The van der Waals surface area contributed by atoms with Gasteiger partial charge in [-0.05, 0) is 32.0 Å². The molecule has 0 aliphatic rings. The van der Waals surface area contributed by atoms with Gasteiger partial charge in [0.1, 0.15) is 5.75 Å². The van der Waals surface area contributed by atoms with Crippen LogP contribution in [-0.2, 0) is 14.6 Å². The highest BCUT2D eigenvalue weighted by Gasteiger charge is 2.19. The number of nitrogens with one attached hydrogen (secondary N) is 1. The van der Waals surface area contributed by atoms with E-state index in [4.69, 9.17) is 16.3 Å². The lowest BCUT2D eigenvalue weighted by atomic mass is 10.1. The summed E-state index contributed by atoms with van der Waals surface area (Å²) in [6.45, 7) is 3.15. The number of methoxy groups -OCH3 is 1. The average Bonchev–Trinajstić information content (AvgIpc) is 2.42. The second-order valence-corrected chi connectivity index (χ2v) is 7.97. The number of halogens is 1. The zero-order valence-electron chi connectivity index (χ0n) is 12.7. The summed E-state index contributed by atoms with van der Waals surface area (Å²) in [6.07, 6.45) is -0.192. The number of aliphatic hydroxyl groups is 1. The van der Waals surface area contributed by atoms with E-state index in [-0.39, 0.29) is 28.6 Å². The normalized spacial score (nSPS) is 12.0. The molecule has 1 rings (SSSR count). The monoisotopic (exact) mass is 349 g/mol. The van der Waals surface area contributed by atoms with Gasteiger partial charge >= 0.3 is 0 Å². The van der Waals surface area contributed by atoms with Crippen LogP contribution in [0.4, 0.5) is 0 Å². The third kappa shape index (κ3) is 5.82. The van der Waals surface area contributed by atoms with Gasteiger partial charge in [0.15, 0.2) is 9.84 Å². The van der Waals surface area contributed by atoms with E-state index in [0.29, 0.717) is 5.75 Å². The van der Waals surface area contributed by atoms with Crippen molar-refractivity contribution in [3.05, 3.63) is 23.2 Å². The molecule has 0 aromatic heterocycles. The van der Waals surface area contributed by atoms with E-state index >= 15 is 0 Å².